The van der Waals surface area contributed by atoms with Crippen molar-refractivity contribution in [2.75, 3.05) is 13.2 Å². The van der Waals surface area contributed by atoms with Crippen molar-refractivity contribution in [3.8, 4) is 5.75 Å². The summed E-state index contributed by atoms with van der Waals surface area (Å²) in [6.07, 6.45) is 0. The van der Waals surface area contributed by atoms with E-state index in [2.05, 4.69) is 5.32 Å². The van der Waals surface area contributed by atoms with Gasteiger partial charge in [-0.1, -0.05) is 6.07 Å². The third-order valence-corrected chi connectivity index (χ3v) is 3.32. The van der Waals surface area contributed by atoms with Crippen LogP contribution in [0.3, 0.4) is 0 Å². The van der Waals surface area contributed by atoms with Gasteiger partial charge in [0.2, 0.25) is 0 Å². The van der Waals surface area contributed by atoms with Gasteiger partial charge >= 0.3 is 0 Å². The second-order valence-electron chi connectivity index (χ2n) is 4.98. The Hall–Kier alpha value is -2.43. The van der Waals surface area contributed by atoms with E-state index in [4.69, 9.17) is 4.74 Å². The van der Waals surface area contributed by atoms with E-state index >= 15 is 0 Å². The van der Waals surface area contributed by atoms with Gasteiger partial charge < -0.3 is 10.1 Å². The monoisotopic (exact) mass is 305 g/mol. The standard InChI is InChI=1S/C17H17F2NO2/c1-11-3-5-14(9-12(11)2)22-8-7-20-17(21)13-4-6-15(18)16(19)10-13/h3-6,9-10H,7-8H2,1-2H3,(H,20,21). The van der Waals surface area contributed by atoms with E-state index < -0.39 is 17.5 Å². The van der Waals surface area contributed by atoms with Gasteiger partial charge in [0, 0.05) is 5.56 Å². The van der Waals surface area contributed by atoms with E-state index in [9.17, 15) is 13.6 Å². The summed E-state index contributed by atoms with van der Waals surface area (Å²) in [5, 5.41) is 2.59. The van der Waals surface area contributed by atoms with Crippen molar-refractivity contribution in [2.45, 2.75) is 13.8 Å². The molecule has 1 amide bonds. The number of benzene rings is 2. The summed E-state index contributed by atoms with van der Waals surface area (Å²) in [4.78, 5) is 11.8. The molecule has 22 heavy (non-hydrogen) atoms. The molecule has 5 heteroatoms. The summed E-state index contributed by atoms with van der Waals surface area (Å²) < 4.78 is 31.4. The van der Waals surface area contributed by atoms with Gasteiger partial charge in [0.25, 0.3) is 5.91 Å². The number of carbonyl (C=O) groups is 1. The van der Waals surface area contributed by atoms with Crippen molar-refractivity contribution in [1.29, 1.82) is 0 Å². The van der Waals surface area contributed by atoms with Crippen LogP contribution in [0.4, 0.5) is 8.78 Å². The summed E-state index contributed by atoms with van der Waals surface area (Å²) in [5.74, 6) is -1.76. The van der Waals surface area contributed by atoms with E-state index in [1.165, 1.54) is 11.6 Å². The molecule has 0 radical (unpaired) electrons. The number of halogens is 2. The highest BCUT2D eigenvalue weighted by Crippen LogP contribution is 2.16. The first kappa shape index (κ1) is 15.9. The third kappa shape index (κ3) is 4.04. The molecule has 2 aromatic rings. The first-order valence-electron chi connectivity index (χ1n) is 6.90. The van der Waals surface area contributed by atoms with Crippen LogP contribution < -0.4 is 10.1 Å². The molecule has 1 N–H and O–H groups in total. The molecule has 0 aliphatic rings. The Morgan fingerprint density at radius 1 is 1.05 bits per heavy atom. The lowest BCUT2D eigenvalue weighted by Gasteiger charge is -2.09. The molecule has 0 fully saturated rings. The lowest BCUT2D eigenvalue weighted by atomic mass is 10.1. The number of hydrogen-bond acceptors (Lipinski definition) is 2. The summed E-state index contributed by atoms with van der Waals surface area (Å²) in [6, 6.07) is 8.78. The van der Waals surface area contributed by atoms with Gasteiger partial charge in [0.05, 0.1) is 6.54 Å². The van der Waals surface area contributed by atoms with Crippen LogP contribution in [0.25, 0.3) is 0 Å². The highest BCUT2D eigenvalue weighted by Gasteiger charge is 2.09. The second-order valence-corrected chi connectivity index (χ2v) is 4.98. The number of ether oxygens (including phenoxy) is 1. The van der Waals surface area contributed by atoms with E-state index in [0.717, 1.165) is 23.4 Å². The molecule has 2 rings (SSSR count). The molecule has 0 bridgehead atoms. The molecule has 0 aliphatic carbocycles. The molecule has 0 atom stereocenters. The van der Waals surface area contributed by atoms with Crippen LogP contribution in [0.15, 0.2) is 36.4 Å². The second kappa shape index (κ2) is 7.02. The topological polar surface area (TPSA) is 38.3 Å². The third-order valence-electron chi connectivity index (χ3n) is 3.32. The summed E-state index contributed by atoms with van der Waals surface area (Å²) in [7, 11) is 0. The quantitative estimate of drug-likeness (QED) is 0.860. The van der Waals surface area contributed by atoms with Crippen molar-refractivity contribution >= 4 is 5.91 Å². The van der Waals surface area contributed by atoms with Crippen LogP contribution in [0.1, 0.15) is 21.5 Å². The number of amides is 1. The largest absolute Gasteiger partial charge is 0.492 e. The van der Waals surface area contributed by atoms with E-state index in [0.29, 0.717) is 0 Å². The van der Waals surface area contributed by atoms with Crippen LogP contribution in [0, 0.1) is 25.5 Å². The molecule has 0 aromatic heterocycles. The lowest BCUT2D eigenvalue weighted by molar-refractivity contribution is 0.0946. The summed E-state index contributed by atoms with van der Waals surface area (Å²) in [5.41, 5.74) is 2.38. The molecule has 0 saturated carbocycles. The van der Waals surface area contributed by atoms with Crippen LogP contribution in [-0.2, 0) is 0 Å². The van der Waals surface area contributed by atoms with E-state index in [1.807, 2.05) is 32.0 Å². The van der Waals surface area contributed by atoms with Gasteiger partial charge in [-0.25, -0.2) is 8.78 Å². The number of nitrogens with one attached hydrogen (secondary N) is 1. The molecule has 2 aromatic carbocycles. The first-order valence-corrected chi connectivity index (χ1v) is 6.90. The predicted molar refractivity (Wildman–Crippen MR) is 80.1 cm³/mol. The maximum absolute atomic E-state index is 13.0. The van der Waals surface area contributed by atoms with Crippen LogP contribution in [0.2, 0.25) is 0 Å². The van der Waals surface area contributed by atoms with Gasteiger partial charge in [-0.15, -0.1) is 0 Å². The van der Waals surface area contributed by atoms with Gasteiger partial charge in [-0.2, -0.15) is 0 Å². The fourth-order valence-corrected chi connectivity index (χ4v) is 1.88. The fraction of sp³-hybridized carbons (Fsp3) is 0.235. The molecule has 0 unspecified atom stereocenters. The van der Waals surface area contributed by atoms with Crippen molar-refractivity contribution < 1.29 is 18.3 Å². The number of aryl methyl sites for hydroxylation is 2. The highest BCUT2D eigenvalue weighted by molar-refractivity contribution is 5.94. The maximum Gasteiger partial charge on any atom is 0.251 e. The zero-order chi connectivity index (χ0) is 16.1. The Morgan fingerprint density at radius 2 is 1.82 bits per heavy atom. The molecule has 0 saturated heterocycles. The molecule has 0 aliphatic heterocycles. The minimum Gasteiger partial charge on any atom is -0.492 e. The summed E-state index contributed by atoms with van der Waals surface area (Å²) >= 11 is 0. The zero-order valence-corrected chi connectivity index (χ0v) is 12.5. The van der Waals surface area contributed by atoms with Gasteiger partial charge in [-0.05, 0) is 55.3 Å². The molecule has 116 valence electrons. The Labute approximate surface area is 127 Å². The number of carbonyl (C=O) groups excluding carboxylic acids is 1. The predicted octanol–water partition coefficient (Wildman–Crippen LogP) is 3.39. The lowest BCUT2D eigenvalue weighted by Crippen LogP contribution is -2.28. The number of rotatable bonds is 5. The normalized spacial score (nSPS) is 10.4. The van der Waals surface area contributed by atoms with Crippen molar-refractivity contribution in [3.63, 3.8) is 0 Å². The van der Waals surface area contributed by atoms with Crippen LogP contribution in [0.5, 0.6) is 5.75 Å². The number of hydrogen-bond donors (Lipinski definition) is 1. The van der Waals surface area contributed by atoms with Gasteiger partial charge in [0.1, 0.15) is 12.4 Å². The highest BCUT2D eigenvalue weighted by atomic mass is 19.2. The van der Waals surface area contributed by atoms with Crippen molar-refractivity contribution in [2.24, 2.45) is 0 Å². The zero-order valence-electron chi connectivity index (χ0n) is 12.5. The van der Waals surface area contributed by atoms with Crippen molar-refractivity contribution in [1.82, 2.24) is 5.32 Å². The molecule has 3 nitrogen and oxygen atoms in total. The minimum absolute atomic E-state index is 0.0741. The van der Waals surface area contributed by atoms with E-state index in [-0.39, 0.29) is 18.7 Å². The molecular weight excluding hydrogens is 288 g/mol. The van der Waals surface area contributed by atoms with Gasteiger partial charge in [-0.3, -0.25) is 4.79 Å². The molecular formula is C17H17F2NO2. The Balaban J connectivity index is 1.81. The molecule has 0 heterocycles. The first-order chi connectivity index (χ1) is 10.5. The smallest absolute Gasteiger partial charge is 0.251 e. The summed E-state index contributed by atoms with van der Waals surface area (Å²) in [6.45, 7) is 4.57. The average molecular weight is 305 g/mol. The van der Waals surface area contributed by atoms with E-state index in [1.54, 1.807) is 0 Å². The maximum atomic E-state index is 13.0. The average Bonchev–Trinajstić information content (AvgIpc) is 2.49. The Bertz CT molecular complexity index is 686. The minimum atomic E-state index is -1.04. The van der Waals surface area contributed by atoms with Crippen LogP contribution in [-0.4, -0.2) is 19.1 Å². The van der Waals surface area contributed by atoms with Crippen molar-refractivity contribution in [3.05, 3.63) is 64.7 Å². The fourth-order valence-electron chi connectivity index (χ4n) is 1.88. The van der Waals surface area contributed by atoms with Crippen LogP contribution >= 0.6 is 0 Å². The molecule has 0 spiro atoms. The Morgan fingerprint density at radius 3 is 2.50 bits per heavy atom. The SMILES string of the molecule is Cc1ccc(OCCNC(=O)c2ccc(F)c(F)c2)cc1C. The Kier molecular flexibility index (Phi) is 5.09. The van der Waals surface area contributed by atoms with Gasteiger partial charge in [0.15, 0.2) is 11.6 Å².